The smallest absolute Gasteiger partial charge is 0.306 e. The van der Waals surface area contributed by atoms with E-state index >= 15 is 0 Å². The van der Waals surface area contributed by atoms with Gasteiger partial charge in [-0.3, -0.25) is 9.69 Å². The van der Waals surface area contributed by atoms with Crippen molar-refractivity contribution >= 4 is 5.97 Å². The molecule has 19 heavy (non-hydrogen) atoms. The molecule has 0 saturated carbocycles. The number of carboxylic acid groups (broad SMARTS) is 1. The Morgan fingerprint density at radius 2 is 1.84 bits per heavy atom. The van der Waals surface area contributed by atoms with E-state index in [0.29, 0.717) is 6.42 Å². The molecule has 0 aliphatic carbocycles. The molecule has 2 rings (SSSR count). The number of likely N-dealkylation sites (tertiary alicyclic amines) is 1. The predicted molar refractivity (Wildman–Crippen MR) is 71.4 cm³/mol. The molecule has 1 aliphatic heterocycles. The number of carbonyl (C=O) groups is 1. The Bertz CT molecular complexity index is 468. The Kier molecular flexibility index (Phi) is 4.53. The third-order valence-corrected chi connectivity index (χ3v) is 3.65. The van der Waals surface area contributed by atoms with Crippen LogP contribution in [0.15, 0.2) is 24.3 Å². The molecule has 0 bridgehead atoms. The highest BCUT2D eigenvalue weighted by atomic mass is 16.4. The van der Waals surface area contributed by atoms with Crippen molar-refractivity contribution in [2.24, 2.45) is 5.92 Å². The first-order chi connectivity index (χ1) is 9.19. The van der Waals surface area contributed by atoms with E-state index in [2.05, 4.69) is 23.1 Å². The third kappa shape index (κ3) is 3.80. The lowest BCUT2D eigenvalue weighted by Gasteiger charge is -2.30. The number of nitriles is 1. The summed E-state index contributed by atoms with van der Waals surface area (Å²) in [5.41, 5.74) is 2.26. The molecular weight excluding hydrogens is 240 g/mol. The van der Waals surface area contributed by atoms with Crippen molar-refractivity contribution in [3.05, 3.63) is 35.4 Å². The van der Waals surface area contributed by atoms with Gasteiger partial charge in [0.15, 0.2) is 0 Å². The van der Waals surface area contributed by atoms with Crippen molar-refractivity contribution in [2.75, 3.05) is 13.1 Å². The van der Waals surface area contributed by atoms with Crippen LogP contribution in [0, 0.1) is 17.2 Å². The van der Waals surface area contributed by atoms with Gasteiger partial charge in [0.1, 0.15) is 0 Å². The average Bonchev–Trinajstić information content (AvgIpc) is 2.42. The number of rotatable bonds is 4. The summed E-state index contributed by atoms with van der Waals surface area (Å²) in [4.78, 5) is 13.2. The molecule has 0 spiro atoms. The van der Waals surface area contributed by atoms with Crippen molar-refractivity contribution in [1.29, 1.82) is 5.26 Å². The van der Waals surface area contributed by atoms with Crippen LogP contribution < -0.4 is 0 Å². The van der Waals surface area contributed by atoms with E-state index in [4.69, 9.17) is 10.4 Å². The molecule has 1 fully saturated rings. The van der Waals surface area contributed by atoms with Crippen LogP contribution in [0.2, 0.25) is 0 Å². The van der Waals surface area contributed by atoms with Gasteiger partial charge in [0.25, 0.3) is 0 Å². The molecule has 0 aromatic heterocycles. The van der Waals surface area contributed by atoms with Gasteiger partial charge in [0, 0.05) is 6.54 Å². The fourth-order valence-corrected chi connectivity index (χ4v) is 2.45. The number of piperidine rings is 1. The SMILES string of the molecule is N#CCc1ccc(CN2CCC(C(=O)O)CC2)cc1. The summed E-state index contributed by atoms with van der Waals surface area (Å²) < 4.78 is 0. The highest BCUT2D eigenvalue weighted by Gasteiger charge is 2.24. The molecule has 1 aromatic carbocycles. The zero-order chi connectivity index (χ0) is 13.7. The second-order valence-electron chi connectivity index (χ2n) is 5.04. The lowest BCUT2D eigenvalue weighted by Crippen LogP contribution is -2.35. The maximum absolute atomic E-state index is 10.9. The number of benzene rings is 1. The molecule has 1 saturated heterocycles. The highest BCUT2D eigenvalue weighted by Crippen LogP contribution is 2.19. The number of hydrogen-bond donors (Lipinski definition) is 1. The van der Waals surface area contributed by atoms with Crippen LogP contribution in [0.3, 0.4) is 0 Å². The minimum Gasteiger partial charge on any atom is -0.481 e. The highest BCUT2D eigenvalue weighted by molar-refractivity contribution is 5.70. The second kappa shape index (κ2) is 6.35. The number of carboxylic acids is 1. The largest absolute Gasteiger partial charge is 0.481 e. The van der Waals surface area contributed by atoms with E-state index < -0.39 is 5.97 Å². The summed E-state index contributed by atoms with van der Waals surface area (Å²) in [6.45, 7) is 2.55. The molecule has 1 heterocycles. The molecule has 0 unspecified atom stereocenters. The molecule has 4 heteroatoms. The first-order valence-corrected chi connectivity index (χ1v) is 6.59. The van der Waals surface area contributed by atoms with E-state index in [1.165, 1.54) is 5.56 Å². The zero-order valence-corrected chi connectivity index (χ0v) is 10.9. The molecule has 0 atom stereocenters. The van der Waals surface area contributed by atoms with Crippen LogP contribution in [-0.4, -0.2) is 29.1 Å². The van der Waals surface area contributed by atoms with Crippen LogP contribution in [-0.2, 0) is 17.8 Å². The normalized spacial score (nSPS) is 17.0. The summed E-state index contributed by atoms with van der Waals surface area (Å²) >= 11 is 0. The number of nitrogens with zero attached hydrogens (tertiary/aromatic N) is 2. The lowest BCUT2D eigenvalue weighted by atomic mass is 9.97. The quantitative estimate of drug-likeness (QED) is 0.897. The Morgan fingerprint density at radius 3 is 2.37 bits per heavy atom. The van der Waals surface area contributed by atoms with E-state index in [-0.39, 0.29) is 5.92 Å². The van der Waals surface area contributed by atoms with Crippen LogP contribution in [0.1, 0.15) is 24.0 Å². The summed E-state index contributed by atoms with van der Waals surface area (Å²) in [6, 6.07) is 10.2. The lowest BCUT2D eigenvalue weighted by molar-refractivity contribution is -0.143. The van der Waals surface area contributed by atoms with Gasteiger partial charge in [-0.1, -0.05) is 24.3 Å². The first-order valence-electron chi connectivity index (χ1n) is 6.59. The number of aliphatic carboxylic acids is 1. The fourth-order valence-electron chi connectivity index (χ4n) is 2.45. The standard InChI is InChI=1S/C15H18N2O2/c16-8-5-12-1-3-13(4-2-12)11-17-9-6-14(7-10-17)15(18)19/h1-4,14H,5-7,9-11H2,(H,18,19). The minimum atomic E-state index is -0.666. The summed E-state index contributed by atoms with van der Waals surface area (Å²) in [5, 5.41) is 17.6. The van der Waals surface area contributed by atoms with Crippen molar-refractivity contribution in [3.63, 3.8) is 0 Å². The van der Waals surface area contributed by atoms with Gasteiger partial charge in [-0.05, 0) is 37.1 Å². The maximum atomic E-state index is 10.9. The molecule has 0 radical (unpaired) electrons. The van der Waals surface area contributed by atoms with Crippen LogP contribution >= 0.6 is 0 Å². The van der Waals surface area contributed by atoms with Gasteiger partial charge in [-0.15, -0.1) is 0 Å². The molecular formula is C15H18N2O2. The van der Waals surface area contributed by atoms with Crippen LogP contribution in [0.25, 0.3) is 0 Å². The van der Waals surface area contributed by atoms with Gasteiger partial charge in [-0.25, -0.2) is 0 Å². The Balaban J connectivity index is 1.85. The van der Waals surface area contributed by atoms with Gasteiger partial charge >= 0.3 is 5.97 Å². The Labute approximate surface area is 113 Å². The third-order valence-electron chi connectivity index (χ3n) is 3.65. The van der Waals surface area contributed by atoms with Crippen molar-refractivity contribution in [1.82, 2.24) is 4.90 Å². The van der Waals surface area contributed by atoms with Crippen molar-refractivity contribution in [2.45, 2.75) is 25.8 Å². The molecule has 1 aromatic rings. The minimum absolute atomic E-state index is 0.172. The molecule has 100 valence electrons. The van der Waals surface area contributed by atoms with Gasteiger partial charge in [-0.2, -0.15) is 5.26 Å². The molecule has 1 N–H and O–H groups in total. The summed E-state index contributed by atoms with van der Waals surface area (Å²) in [5.74, 6) is -0.838. The van der Waals surface area contributed by atoms with Gasteiger partial charge in [0.05, 0.1) is 18.4 Å². The van der Waals surface area contributed by atoms with E-state index in [0.717, 1.165) is 38.0 Å². The van der Waals surface area contributed by atoms with Crippen LogP contribution in [0.4, 0.5) is 0 Å². The molecule has 1 aliphatic rings. The maximum Gasteiger partial charge on any atom is 0.306 e. The van der Waals surface area contributed by atoms with Crippen molar-refractivity contribution in [3.8, 4) is 6.07 Å². The molecule has 4 nitrogen and oxygen atoms in total. The second-order valence-corrected chi connectivity index (χ2v) is 5.04. The fraction of sp³-hybridized carbons (Fsp3) is 0.467. The molecule has 0 amide bonds. The van der Waals surface area contributed by atoms with E-state index in [9.17, 15) is 4.79 Å². The first kappa shape index (κ1) is 13.6. The van der Waals surface area contributed by atoms with E-state index in [1.807, 2.05) is 12.1 Å². The van der Waals surface area contributed by atoms with Crippen molar-refractivity contribution < 1.29 is 9.90 Å². The topological polar surface area (TPSA) is 64.3 Å². The van der Waals surface area contributed by atoms with E-state index in [1.54, 1.807) is 0 Å². The zero-order valence-electron chi connectivity index (χ0n) is 10.9. The summed E-state index contributed by atoms with van der Waals surface area (Å²) in [7, 11) is 0. The Hall–Kier alpha value is -1.86. The van der Waals surface area contributed by atoms with Gasteiger partial charge in [0.2, 0.25) is 0 Å². The number of hydrogen-bond acceptors (Lipinski definition) is 3. The monoisotopic (exact) mass is 258 g/mol. The predicted octanol–water partition coefficient (Wildman–Crippen LogP) is 2.05. The van der Waals surface area contributed by atoms with Gasteiger partial charge < -0.3 is 5.11 Å². The van der Waals surface area contributed by atoms with Crippen LogP contribution in [0.5, 0.6) is 0 Å². The average molecular weight is 258 g/mol. The summed E-state index contributed by atoms with van der Waals surface area (Å²) in [6.07, 6.45) is 1.92. The Morgan fingerprint density at radius 1 is 1.26 bits per heavy atom.